The summed E-state index contributed by atoms with van der Waals surface area (Å²) in [6.45, 7) is 0.880. The minimum absolute atomic E-state index is 0.225. The first-order chi connectivity index (χ1) is 5.77. The minimum atomic E-state index is -0.579. The Morgan fingerprint density at radius 2 is 2.08 bits per heavy atom. The van der Waals surface area contributed by atoms with Crippen molar-refractivity contribution >= 4 is 5.82 Å². The van der Waals surface area contributed by atoms with Gasteiger partial charge in [-0.1, -0.05) is 0 Å². The number of aliphatic hydroxyl groups is 1. The lowest BCUT2D eigenvalue weighted by Gasteiger charge is -2.36. The van der Waals surface area contributed by atoms with E-state index in [0.29, 0.717) is 13.1 Å². The van der Waals surface area contributed by atoms with Gasteiger partial charge in [-0.3, -0.25) is 0 Å². The third-order valence-electron chi connectivity index (χ3n) is 1.80. The maximum atomic E-state index is 12.9. The molecule has 1 saturated heterocycles. The SMILES string of the molecule is OC1CN(c2nccnc2F)C1. The molecular weight excluding hydrogens is 161 g/mol. The summed E-state index contributed by atoms with van der Waals surface area (Å²) < 4.78 is 12.9. The van der Waals surface area contributed by atoms with Crippen molar-refractivity contribution in [1.82, 2.24) is 9.97 Å². The molecule has 0 radical (unpaired) electrons. The Morgan fingerprint density at radius 1 is 1.42 bits per heavy atom. The molecule has 1 aromatic heterocycles. The van der Waals surface area contributed by atoms with Gasteiger partial charge < -0.3 is 10.0 Å². The van der Waals surface area contributed by atoms with Crippen molar-refractivity contribution in [2.24, 2.45) is 0 Å². The van der Waals surface area contributed by atoms with Crippen LogP contribution in [0.5, 0.6) is 0 Å². The van der Waals surface area contributed by atoms with Crippen LogP contribution >= 0.6 is 0 Å². The predicted octanol–water partition coefficient (Wildman–Crippen LogP) is -0.203. The number of β-amino-alcohol motifs (C(OH)–C–C–N with tert-alkyl or cyclic N) is 1. The van der Waals surface area contributed by atoms with E-state index in [4.69, 9.17) is 5.11 Å². The Labute approximate surface area is 68.7 Å². The zero-order valence-electron chi connectivity index (χ0n) is 6.31. The van der Waals surface area contributed by atoms with Crippen LogP contribution in [-0.4, -0.2) is 34.3 Å². The van der Waals surface area contributed by atoms with Gasteiger partial charge in [-0.15, -0.1) is 0 Å². The second kappa shape index (κ2) is 2.67. The summed E-state index contributed by atoms with van der Waals surface area (Å²) in [4.78, 5) is 8.91. The molecule has 0 aliphatic carbocycles. The molecule has 1 aliphatic heterocycles. The monoisotopic (exact) mass is 169 g/mol. The quantitative estimate of drug-likeness (QED) is 0.632. The summed E-state index contributed by atoms with van der Waals surface area (Å²) in [5.41, 5.74) is 0. The molecular formula is C7H8FN3O. The predicted molar refractivity (Wildman–Crippen MR) is 40.2 cm³/mol. The molecule has 0 bridgehead atoms. The highest BCUT2D eigenvalue weighted by molar-refractivity contribution is 5.40. The molecule has 0 saturated carbocycles. The lowest BCUT2D eigenvalue weighted by Crippen LogP contribution is -2.51. The minimum Gasteiger partial charge on any atom is -0.389 e. The first-order valence-corrected chi connectivity index (χ1v) is 3.67. The van der Waals surface area contributed by atoms with Gasteiger partial charge >= 0.3 is 0 Å². The third-order valence-corrected chi connectivity index (χ3v) is 1.80. The van der Waals surface area contributed by atoms with Crippen molar-refractivity contribution in [2.45, 2.75) is 6.10 Å². The molecule has 5 heteroatoms. The van der Waals surface area contributed by atoms with E-state index < -0.39 is 5.95 Å². The van der Waals surface area contributed by atoms with Crippen LogP contribution in [0, 0.1) is 5.95 Å². The van der Waals surface area contributed by atoms with Gasteiger partial charge in [0.2, 0.25) is 0 Å². The molecule has 1 aromatic rings. The van der Waals surface area contributed by atoms with Crippen LogP contribution in [0.15, 0.2) is 12.4 Å². The van der Waals surface area contributed by atoms with Gasteiger partial charge in [0.25, 0.3) is 5.95 Å². The second-order valence-electron chi connectivity index (χ2n) is 2.73. The number of rotatable bonds is 1. The van der Waals surface area contributed by atoms with E-state index >= 15 is 0 Å². The van der Waals surface area contributed by atoms with Crippen molar-refractivity contribution in [3.05, 3.63) is 18.3 Å². The summed E-state index contributed by atoms with van der Waals surface area (Å²) >= 11 is 0. The number of anilines is 1. The fourth-order valence-corrected chi connectivity index (χ4v) is 1.15. The normalized spacial score (nSPS) is 17.7. The molecule has 2 rings (SSSR count). The van der Waals surface area contributed by atoms with Crippen molar-refractivity contribution in [3.63, 3.8) is 0 Å². The van der Waals surface area contributed by atoms with Crippen LogP contribution in [0.4, 0.5) is 10.2 Å². The Hall–Kier alpha value is -1.23. The average molecular weight is 169 g/mol. The van der Waals surface area contributed by atoms with Crippen molar-refractivity contribution < 1.29 is 9.50 Å². The van der Waals surface area contributed by atoms with Gasteiger partial charge in [-0.25, -0.2) is 9.97 Å². The van der Waals surface area contributed by atoms with E-state index in [2.05, 4.69) is 9.97 Å². The summed E-state index contributed by atoms with van der Waals surface area (Å²) in [5, 5.41) is 8.96. The first kappa shape index (κ1) is 7.42. The van der Waals surface area contributed by atoms with Crippen LogP contribution in [0.3, 0.4) is 0 Å². The Kier molecular flexibility index (Phi) is 1.65. The Morgan fingerprint density at radius 3 is 2.67 bits per heavy atom. The molecule has 1 fully saturated rings. The van der Waals surface area contributed by atoms with Crippen LogP contribution in [0.2, 0.25) is 0 Å². The number of nitrogens with zero attached hydrogens (tertiary/aromatic N) is 3. The van der Waals surface area contributed by atoms with E-state index in [-0.39, 0.29) is 11.9 Å². The van der Waals surface area contributed by atoms with Crippen LogP contribution in [-0.2, 0) is 0 Å². The van der Waals surface area contributed by atoms with Gasteiger partial charge in [0.1, 0.15) is 0 Å². The highest BCUT2D eigenvalue weighted by atomic mass is 19.1. The molecule has 0 atom stereocenters. The fraction of sp³-hybridized carbons (Fsp3) is 0.429. The van der Waals surface area contributed by atoms with E-state index in [1.165, 1.54) is 12.4 Å². The van der Waals surface area contributed by atoms with Crippen molar-refractivity contribution in [3.8, 4) is 0 Å². The van der Waals surface area contributed by atoms with E-state index in [1.54, 1.807) is 4.90 Å². The summed E-state index contributed by atoms with van der Waals surface area (Å²) in [6, 6.07) is 0. The third kappa shape index (κ3) is 1.12. The fourth-order valence-electron chi connectivity index (χ4n) is 1.15. The maximum Gasteiger partial charge on any atom is 0.255 e. The highest BCUT2D eigenvalue weighted by Gasteiger charge is 2.27. The lowest BCUT2D eigenvalue weighted by molar-refractivity contribution is 0.140. The smallest absolute Gasteiger partial charge is 0.255 e. The van der Waals surface area contributed by atoms with E-state index in [1.807, 2.05) is 0 Å². The summed E-state index contributed by atoms with van der Waals surface area (Å²) in [7, 11) is 0. The number of aromatic nitrogens is 2. The molecule has 4 nitrogen and oxygen atoms in total. The molecule has 0 aromatic carbocycles. The van der Waals surface area contributed by atoms with Crippen LogP contribution in [0.25, 0.3) is 0 Å². The number of hydrogen-bond acceptors (Lipinski definition) is 4. The largest absolute Gasteiger partial charge is 0.389 e. The molecule has 0 spiro atoms. The van der Waals surface area contributed by atoms with Gasteiger partial charge in [0.05, 0.1) is 6.10 Å². The first-order valence-electron chi connectivity index (χ1n) is 3.67. The Bertz CT molecular complexity index is 288. The second-order valence-corrected chi connectivity index (χ2v) is 2.73. The van der Waals surface area contributed by atoms with Gasteiger partial charge in [-0.2, -0.15) is 4.39 Å². The molecule has 12 heavy (non-hydrogen) atoms. The summed E-state index contributed by atoms with van der Waals surface area (Å²) in [6.07, 6.45) is 2.38. The molecule has 2 heterocycles. The van der Waals surface area contributed by atoms with Crippen LogP contribution < -0.4 is 4.90 Å². The zero-order chi connectivity index (χ0) is 8.55. The van der Waals surface area contributed by atoms with Gasteiger partial charge in [-0.05, 0) is 0 Å². The molecule has 0 amide bonds. The van der Waals surface area contributed by atoms with Crippen molar-refractivity contribution in [1.29, 1.82) is 0 Å². The lowest BCUT2D eigenvalue weighted by atomic mass is 10.2. The van der Waals surface area contributed by atoms with Gasteiger partial charge in [0.15, 0.2) is 5.82 Å². The highest BCUT2D eigenvalue weighted by Crippen LogP contribution is 2.19. The topological polar surface area (TPSA) is 49.2 Å². The molecule has 64 valence electrons. The molecule has 1 N–H and O–H groups in total. The molecule has 0 unspecified atom stereocenters. The van der Waals surface area contributed by atoms with E-state index in [9.17, 15) is 4.39 Å². The number of hydrogen-bond donors (Lipinski definition) is 1. The Balaban J connectivity index is 2.18. The molecule has 1 aliphatic rings. The standard InChI is InChI=1S/C7H8FN3O/c8-6-7(10-2-1-9-6)11-3-5(12)4-11/h1-2,5,12H,3-4H2. The van der Waals surface area contributed by atoms with Crippen molar-refractivity contribution in [2.75, 3.05) is 18.0 Å². The zero-order valence-corrected chi connectivity index (χ0v) is 6.31. The van der Waals surface area contributed by atoms with Gasteiger partial charge in [0, 0.05) is 25.5 Å². The maximum absolute atomic E-state index is 12.9. The van der Waals surface area contributed by atoms with E-state index in [0.717, 1.165) is 0 Å². The summed E-state index contributed by atoms with van der Waals surface area (Å²) in [5.74, 6) is -0.354. The number of aliphatic hydroxyl groups excluding tert-OH is 1. The number of halogens is 1. The average Bonchev–Trinajstić information content (AvgIpc) is 2.01. The van der Waals surface area contributed by atoms with Crippen LogP contribution in [0.1, 0.15) is 0 Å².